The molecule has 17 heavy (non-hydrogen) atoms. The fourth-order valence-electron chi connectivity index (χ4n) is 1.50. The Bertz CT molecular complexity index is 482. The molecule has 90 valence electrons. The van der Waals surface area contributed by atoms with E-state index < -0.39 is 0 Å². The number of aryl methyl sites for hydroxylation is 1. The van der Waals surface area contributed by atoms with Gasteiger partial charge in [-0.15, -0.1) is 11.3 Å². The average Bonchev–Trinajstić information content (AvgIpc) is 2.80. The number of benzene rings is 1. The summed E-state index contributed by atoms with van der Waals surface area (Å²) in [6, 6.07) is 8.06. The van der Waals surface area contributed by atoms with E-state index in [0.29, 0.717) is 6.61 Å². The van der Waals surface area contributed by atoms with E-state index in [-0.39, 0.29) is 0 Å². The van der Waals surface area contributed by atoms with Gasteiger partial charge in [0.05, 0.1) is 11.6 Å². The summed E-state index contributed by atoms with van der Waals surface area (Å²) in [7, 11) is 0. The molecule has 1 aromatic carbocycles. The molecule has 0 amide bonds. The first-order valence-corrected chi connectivity index (χ1v) is 6.97. The SMILES string of the molecule is Cc1ccccc1OCCc1ncc(CS)s1. The molecule has 0 N–H and O–H groups in total. The van der Waals surface area contributed by atoms with Crippen molar-refractivity contribution in [3.05, 3.63) is 45.9 Å². The first kappa shape index (κ1) is 12.5. The molecule has 4 heteroatoms. The Labute approximate surface area is 111 Å². The van der Waals surface area contributed by atoms with Crippen LogP contribution in [0.1, 0.15) is 15.4 Å². The summed E-state index contributed by atoms with van der Waals surface area (Å²) in [5, 5.41) is 1.11. The number of nitrogens with zero attached hydrogens (tertiary/aromatic N) is 1. The van der Waals surface area contributed by atoms with Gasteiger partial charge in [0.2, 0.25) is 0 Å². The van der Waals surface area contributed by atoms with E-state index in [1.807, 2.05) is 24.4 Å². The van der Waals surface area contributed by atoms with Crippen molar-refractivity contribution in [2.24, 2.45) is 0 Å². The van der Waals surface area contributed by atoms with Crippen LogP contribution in [0.15, 0.2) is 30.5 Å². The molecule has 0 saturated carbocycles. The van der Waals surface area contributed by atoms with E-state index in [2.05, 4.69) is 30.6 Å². The van der Waals surface area contributed by atoms with Crippen LogP contribution in [0.3, 0.4) is 0 Å². The maximum atomic E-state index is 5.73. The van der Waals surface area contributed by atoms with Crippen LogP contribution >= 0.6 is 24.0 Å². The average molecular weight is 265 g/mol. The van der Waals surface area contributed by atoms with Crippen LogP contribution in [0.5, 0.6) is 5.75 Å². The maximum absolute atomic E-state index is 5.73. The predicted octanol–water partition coefficient (Wildman–Crippen LogP) is 3.50. The van der Waals surface area contributed by atoms with Gasteiger partial charge in [0, 0.05) is 23.2 Å². The molecule has 0 aliphatic rings. The van der Waals surface area contributed by atoms with Crippen LogP contribution in [0, 0.1) is 6.92 Å². The molecule has 2 aromatic rings. The fourth-order valence-corrected chi connectivity index (χ4v) is 2.54. The lowest BCUT2D eigenvalue weighted by molar-refractivity contribution is 0.319. The highest BCUT2D eigenvalue weighted by Gasteiger charge is 2.02. The summed E-state index contributed by atoms with van der Waals surface area (Å²) in [5.74, 6) is 1.72. The maximum Gasteiger partial charge on any atom is 0.122 e. The van der Waals surface area contributed by atoms with Crippen molar-refractivity contribution in [3.8, 4) is 5.75 Å². The second-order valence-corrected chi connectivity index (χ2v) is 5.26. The minimum absolute atomic E-state index is 0.671. The van der Waals surface area contributed by atoms with E-state index in [0.717, 1.165) is 22.9 Å². The van der Waals surface area contributed by atoms with Crippen LogP contribution in [0.2, 0.25) is 0 Å². The lowest BCUT2D eigenvalue weighted by Gasteiger charge is -2.07. The van der Waals surface area contributed by atoms with Gasteiger partial charge in [0.15, 0.2) is 0 Å². The molecule has 2 nitrogen and oxygen atoms in total. The van der Waals surface area contributed by atoms with Gasteiger partial charge in [-0.25, -0.2) is 4.98 Å². The lowest BCUT2D eigenvalue weighted by atomic mass is 10.2. The van der Waals surface area contributed by atoms with Crippen molar-refractivity contribution in [1.29, 1.82) is 0 Å². The van der Waals surface area contributed by atoms with Crippen molar-refractivity contribution in [2.75, 3.05) is 6.61 Å². The van der Waals surface area contributed by atoms with Crippen molar-refractivity contribution < 1.29 is 4.74 Å². The van der Waals surface area contributed by atoms with Crippen LogP contribution in [0.25, 0.3) is 0 Å². The molecule has 0 atom stereocenters. The Morgan fingerprint density at radius 3 is 2.88 bits per heavy atom. The third-order valence-electron chi connectivity index (χ3n) is 2.42. The third kappa shape index (κ3) is 3.48. The Balaban J connectivity index is 1.85. The predicted molar refractivity (Wildman–Crippen MR) is 75.2 cm³/mol. The molecule has 0 saturated heterocycles. The number of ether oxygens (including phenoxy) is 1. The normalized spacial score (nSPS) is 10.5. The molecule has 0 aliphatic carbocycles. The Morgan fingerprint density at radius 1 is 1.35 bits per heavy atom. The van der Waals surface area contributed by atoms with Gasteiger partial charge in [-0.1, -0.05) is 18.2 Å². The zero-order valence-corrected chi connectivity index (χ0v) is 11.4. The first-order chi connectivity index (χ1) is 8.29. The van der Waals surface area contributed by atoms with E-state index >= 15 is 0 Å². The van der Waals surface area contributed by atoms with Gasteiger partial charge in [0.25, 0.3) is 0 Å². The molecule has 0 bridgehead atoms. The second kappa shape index (κ2) is 6.07. The highest BCUT2D eigenvalue weighted by atomic mass is 32.1. The summed E-state index contributed by atoms with van der Waals surface area (Å²) < 4.78 is 5.73. The minimum Gasteiger partial charge on any atom is -0.493 e. The minimum atomic E-state index is 0.671. The number of aromatic nitrogens is 1. The van der Waals surface area contributed by atoms with Gasteiger partial charge in [-0.2, -0.15) is 12.6 Å². The monoisotopic (exact) mass is 265 g/mol. The van der Waals surface area contributed by atoms with Crippen LogP contribution in [0.4, 0.5) is 0 Å². The smallest absolute Gasteiger partial charge is 0.122 e. The largest absolute Gasteiger partial charge is 0.493 e. The first-order valence-electron chi connectivity index (χ1n) is 5.52. The second-order valence-electron chi connectivity index (χ2n) is 3.74. The van der Waals surface area contributed by atoms with Gasteiger partial charge >= 0.3 is 0 Å². The van der Waals surface area contributed by atoms with Crippen LogP contribution in [-0.4, -0.2) is 11.6 Å². The molecule has 0 fully saturated rings. The molecule has 0 spiro atoms. The highest BCUT2D eigenvalue weighted by molar-refractivity contribution is 7.79. The van der Waals surface area contributed by atoms with Crippen molar-refractivity contribution in [1.82, 2.24) is 4.98 Å². The topological polar surface area (TPSA) is 22.1 Å². The number of hydrogen-bond acceptors (Lipinski definition) is 4. The van der Waals surface area contributed by atoms with Crippen molar-refractivity contribution >= 4 is 24.0 Å². The Hall–Kier alpha value is -1.000. The van der Waals surface area contributed by atoms with Crippen LogP contribution in [-0.2, 0) is 12.2 Å². The van der Waals surface area contributed by atoms with Crippen molar-refractivity contribution in [3.63, 3.8) is 0 Å². The quantitative estimate of drug-likeness (QED) is 0.836. The van der Waals surface area contributed by atoms with Crippen LogP contribution < -0.4 is 4.74 Å². The molecular weight excluding hydrogens is 250 g/mol. The molecule has 2 rings (SSSR count). The number of hydrogen-bond donors (Lipinski definition) is 1. The molecule has 0 aliphatic heterocycles. The molecule has 0 radical (unpaired) electrons. The highest BCUT2D eigenvalue weighted by Crippen LogP contribution is 2.18. The molecule has 0 unspecified atom stereocenters. The fraction of sp³-hybridized carbons (Fsp3) is 0.308. The summed E-state index contributed by atoms with van der Waals surface area (Å²) in [5.41, 5.74) is 1.17. The zero-order valence-electron chi connectivity index (χ0n) is 9.72. The van der Waals surface area contributed by atoms with Crippen molar-refractivity contribution in [2.45, 2.75) is 19.1 Å². The zero-order chi connectivity index (χ0) is 12.1. The number of para-hydroxylation sites is 1. The third-order valence-corrected chi connectivity index (χ3v) is 4.04. The number of thiol groups is 1. The summed E-state index contributed by atoms with van der Waals surface area (Å²) in [6.07, 6.45) is 2.74. The standard InChI is InChI=1S/C13H15NOS2/c1-10-4-2-3-5-12(10)15-7-6-13-14-8-11(9-16)17-13/h2-5,8,16H,6-7,9H2,1H3. The van der Waals surface area contributed by atoms with E-state index in [4.69, 9.17) is 4.74 Å². The Morgan fingerprint density at radius 2 is 2.18 bits per heavy atom. The van der Waals surface area contributed by atoms with E-state index in [9.17, 15) is 0 Å². The van der Waals surface area contributed by atoms with Gasteiger partial charge in [0.1, 0.15) is 5.75 Å². The van der Waals surface area contributed by atoms with Gasteiger partial charge in [-0.3, -0.25) is 0 Å². The molecular formula is C13H15NOS2. The Kier molecular flexibility index (Phi) is 4.45. The summed E-state index contributed by atoms with van der Waals surface area (Å²) in [6.45, 7) is 2.72. The lowest BCUT2D eigenvalue weighted by Crippen LogP contribution is -2.01. The van der Waals surface area contributed by atoms with E-state index in [1.54, 1.807) is 11.3 Å². The molecule has 1 aromatic heterocycles. The summed E-state index contributed by atoms with van der Waals surface area (Å²) in [4.78, 5) is 5.54. The van der Waals surface area contributed by atoms with Gasteiger partial charge in [-0.05, 0) is 18.6 Å². The van der Waals surface area contributed by atoms with E-state index in [1.165, 1.54) is 10.4 Å². The molecule has 1 heterocycles. The number of thiazole rings is 1. The number of rotatable bonds is 5. The summed E-state index contributed by atoms with van der Waals surface area (Å²) >= 11 is 5.93. The van der Waals surface area contributed by atoms with Gasteiger partial charge < -0.3 is 4.74 Å².